The minimum absolute atomic E-state index is 0.175. The van der Waals surface area contributed by atoms with Crippen LogP contribution in [0.3, 0.4) is 0 Å². The fraction of sp³-hybridized carbons (Fsp3) is 0.688. The summed E-state index contributed by atoms with van der Waals surface area (Å²) in [7, 11) is 0. The van der Waals surface area contributed by atoms with Gasteiger partial charge in [-0.25, -0.2) is 4.79 Å². The summed E-state index contributed by atoms with van der Waals surface area (Å²) in [6, 6.07) is -0.197. The molecular formula is C16H20F3N3O2S. The molecule has 25 heavy (non-hydrogen) atoms. The summed E-state index contributed by atoms with van der Waals surface area (Å²) in [5.74, 6) is 1.09. The van der Waals surface area contributed by atoms with E-state index in [2.05, 4.69) is 10.2 Å². The van der Waals surface area contributed by atoms with Gasteiger partial charge in [0.25, 0.3) is 0 Å². The minimum Gasteiger partial charge on any atom is -0.444 e. The highest BCUT2D eigenvalue weighted by molar-refractivity contribution is 7.12. The van der Waals surface area contributed by atoms with E-state index in [1.807, 2.05) is 0 Å². The summed E-state index contributed by atoms with van der Waals surface area (Å²) in [5, 5.41) is 5.92. The molecule has 5 nitrogen and oxygen atoms in total. The predicted molar refractivity (Wildman–Crippen MR) is 86.9 cm³/mol. The van der Waals surface area contributed by atoms with Crippen molar-refractivity contribution in [2.45, 2.75) is 51.4 Å². The third-order valence-corrected chi connectivity index (χ3v) is 5.15. The van der Waals surface area contributed by atoms with Crippen molar-refractivity contribution in [2.24, 2.45) is 11.8 Å². The number of likely N-dealkylation sites (tertiary alicyclic amines) is 1. The number of carbonyl (C=O) groups is 1. The third kappa shape index (κ3) is 4.50. The summed E-state index contributed by atoms with van der Waals surface area (Å²) >= 11 is 0.491. The molecule has 1 aromatic rings. The van der Waals surface area contributed by atoms with E-state index in [0.717, 1.165) is 12.8 Å². The highest BCUT2D eigenvalue weighted by atomic mass is 32.1. The molecule has 1 aliphatic heterocycles. The summed E-state index contributed by atoms with van der Waals surface area (Å²) in [5.41, 5.74) is -0.591. The molecule has 1 aliphatic carbocycles. The van der Waals surface area contributed by atoms with E-state index in [4.69, 9.17) is 4.74 Å². The van der Waals surface area contributed by atoms with Crippen LogP contribution in [0, 0.1) is 11.8 Å². The molecule has 1 aromatic heterocycles. The van der Waals surface area contributed by atoms with E-state index in [-0.39, 0.29) is 17.1 Å². The first-order valence-electron chi connectivity index (χ1n) is 8.11. The van der Waals surface area contributed by atoms with Crippen molar-refractivity contribution in [1.82, 2.24) is 15.1 Å². The summed E-state index contributed by atoms with van der Waals surface area (Å²) < 4.78 is 43.2. The number of halogens is 3. The molecule has 2 heterocycles. The van der Waals surface area contributed by atoms with Crippen LogP contribution in [-0.4, -0.2) is 39.4 Å². The Morgan fingerprint density at radius 3 is 2.56 bits per heavy atom. The molecule has 138 valence electrons. The van der Waals surface area contributed by atoms with Crippen molar-refractivity contribution < 1.29 is 22.7 Å². The molecule has 0 N–H and O–H groups in total. The van der Waals surface area contributed by atoms with Crippen LogP contribution in [-0.2, 0) is 10.9 Å². The molecule has 9 heteroatoms. The molecule has 0 bridgehead atoms. The largest absolute Gasteiger partial charge is 0.445 e. The van der Waals surface area contributed by atoms with E-state index in [1.165, 1.54) is 6.08 Å². The van der Waals surface area contributed by atoms with Gasteiger partial charge in [0.15, 0.2) is 0 Å². The fourth-order valence-electron chi connectivity index (χ4n) is 2.97. The summed E-state index contributed by atoms with van der Waals surface area (Å²) in [6.07, 6.45) is 0.252. The summed E-state index contributed by atoms with van der Waals surface area (Å²) in [4.78, 5) is 14.1. The number of hydrogen-bond acceptors (Lipinski definition) is 5. The van der Waals surface area contributed by atoms with Gasteiger partial charge in [0.1, 0.15) is 10.6 Å². The smallest absolute Gasteiger partial charge is 0.444 e. The van der Waals surface area contributed by atoms with Gasteiger partial charge < -0.3 is 9.64 Å². The van der Waals surface area contributed by atoms with Crippen molar-refractivity contribution in [3.63, 3.8) is 0 Å². The fourth-order valence-corrected chi connectivity index (χ4v) is 3.59. The van der Waals surface area contributed by atoms with Crippen LogP contribution in [0.1, 0.15) is 43.6 Å². The van der Waals surface area contributed by atoms with Crippen molar-refractivity contribution in [3.05, 3.63) is 16.1 Å². The van der Waals surface area contributed by atoms with E-state index in [0.29, 0.717) is 29.7 Å². The maximum atomic E-state index is 12.6. The van der Waals surface area contributed by atoms with Crippen molar-refractivity contribution >= 4 is 23.5 Å². The second-order valence-corrected chi connectivity index (χ2v) is 8.50. The molecule has 0 aromatic carbocycles. The highest BCUT2D eigenvalue weighted by Crippen LogP contribution is 2.47. The lowest BCUT2D eigenvalue weighted by atomic mass is 10.0. The lowest BCUT2D eigenvalue weighted by Crippen LogP contribution is -2.46. The van der Waals surface area contributed by atoms with E-state index < -0.39 is 16.8 Å². The van der Waals surface area contributed by atoms with Crippen molar-refractivity contribution in [3.8, 4) is 0 Å². The van der Waals surface area contributed by atoms with Gasteiger partial charge in [-0.3, -0.25) is 0 Å². The first-order valence-corrected chi connectivity index (χ1v) is 8.93. The molecule has 2 fully saturated rings. The number of rotatable bonds is 2. The number of aromatic nitrogens is 2. The quantitative estimate of drug-likeness (QED) is 0.777. The zero-order valence-electron chi connectivity index (χ0n) is 14.2. The Labute approximate surface area is 147 Å². The SMILES string of the molecule is CC(C)(C)OC(=O)N1C[C@@H]2C[C@@H]2C[C@H]1C=Cc1nnc(C(F)(F)F)s1. The van der Waals surface area contributed by atoms with Gasteiger partial charge in [-0.1, -0.05) is 17.4 Å². The number of alkyl halides is 3. The zero-order chi connectivity index (χ0) is 18.4. The van der Waals surface area contributed by atoms with Gasteiger partial charge >= 0.3 is 12.3 Å². The van der Waals surface area contributed by atoms with Crippen molar-refractivity contribution in [1.29, 1.82) is 0 Å². The number of piperidine rings is 1. The minimum atomic E-state index is -4.49. The maximum absolute atomic E-state index is 12.6. The Bertz CT molecular complexity index is 681. The Balaban J connectivity index is 1.72. The number of amides is 1. The van der Waals surface area contributed by atoms with Crippen LogP contribution in [0.25, 0.3) is 6.08 Å². The monoisotopic (exact) mass is 375 g/mol. The highest BCUT2D eigenvalue weighted by Gasteiger charge is 2.47. The second-order valence-electron chi connectivity index (χ2n) is 7.49. The molecular weight excluding hydrogens is 355 g/mol. The standard InChI is InChI=1S/C16H20F3N3O2S/c1-15(2,3)24-14(23)22-8-10-6-9(10)7-11(22)4-5-12-20-21-13(25-12)16(17,18)19/h4-5,9-11H,6-8H2,1-3H3/t9-,10+,11-/m1/s1. The molecule has 0 unspecified atom stereocenters. The normalized spacial score (nSPS) is 26.6. The Morgan fingerprint density at radius 2 is 1.96 bits per heavy atom. The molecule has 1 amide bonds. The van der Waals surface area contributed by atoms with Crippen LogP contribution < -0.4 is 0 Å². The molecule has 0 spiro atoms. The Morgan fingerprint density at radius 1 is 1.24 bits per heavy atom. The zero-order valence-corrected chi connectivity index (χ0v) is 15.0. The first-order chi connectivity index (χ1) is 11.5. The number of hydrogen-bond donors (Lipinski definition) is 0. The molecule has 2 aliphatic rings. The van der Waals surface area contributed by atoms with Gasteiger partial charge in [-0.2, -0.15) is 13.2 Å². The third-order valence-electron chi connectivity index (χ3n) is 4.22. The van der Waals surface area contributed by atoms with E-state index in [9.17, 15) is 18.0 Å². The van der Waals surface area contributed by atoms with E-state index in [1.54, 1.807) is 31.7 Å². The predicted octanol–water partition coefficient (Wildman–Crippen LogP) is 4.22. The molecule has 1 saturated heterocycles. The van der Waals surface area contributed by atoms with Crippen LogP contribution in [0.4, 0.5) is 18.0 Å². The molecule has 1 saturated carbocycles. The van der Waals surface area contributed by atoms with Gasteiger partial charge in [0, 0.05) is 6.54 Å². The molecule has 0 radical (unpaired) electrons. The number of fused-ring (bicyclic) bond motifs is 1. The lowest BCUT2D eigenvalue weighted by Gasteiger charge is -2.35. The average molecular weight is 375 g/mol. The number of ether oxygens (including phenoxy) is 1. The second kappa shape index (κ2) is 6.26. The van der Waals surface area contributed by atoms with Crippen molar-refractivity contribution in [2.75, 3.05) is 6.54 Å². The van der Waals surface area contributed by atoms with Gasteiger partial charge in [-0.05, 0) is 51.5 Å². The van der Waals surface area contributed by atoms with Crippen LogP contribution in [0.2, 0.25) is 0 Å². The molecule has 3 rings (SSSR count). The summed E-state index contributed by atoms with van der Waals surface area (Å²) in [6.45, 7) is 6.04. The number of nitrogens with zero attached hydrogens (tertiary/aromatic N) is 3. The van der Waals surface area contributed by atoms with Crippen LogP contribution >= 0.6 is 11.3 Å². The van der Waals surface area contributed by atoms with Gasteiger partial charge in [-0.15, -0.1) is 10.2 Å². The topological polar surface area (TPSA) is 55.3 Å². The van der Waals surface area contributed by atoms with Crippen LogP contribution in [0.15, 0.2) is 6.08 Å². The maximum Gasteiger partial charge on any atom is 0.445 e. The van der Waals surface area contributed by atoms with Gasteiger partial charge in [0.2, 0.25) is 5.01 Å². The van der Waals surface area contributed by atoms with Gasteiger partial charge in [0.05, 0.1) is 6.04 Å². The van der Waals surface area contributed by atoms with E-state index >= 15 is 0 Å². The Kier molecular flexibility index (Phi) is 4.55. The average Bonchev–Trinajstić information content (AvgIpc) is 3.04. The lowest BCUT2D eigenvalue weighted by molar-refractivity contribution is -0.138. The number of carbonyl (C=O) groups excluding carboxylic acids is 1. The first kappa shape index (κ1) is 18.2. The van der Waals surface area contributed by atoms with Crippen LogP contribution in [0.5, 0.6) is 0 Å². The Hall–Kier alpha value is -1.64. The molecule has 3 atom stereocenters.